The first kappa shape index (κ1) is 10.4. The van der Waals surface area contributed by atoms with E-state index >= 15 is 0 Å². The topological polar surface area (TPSA) is 51.2 Å². The van der Waals surface area contributed by atoms with E-state index in [1.807, 2.05) is 6.92 Å². The molecule has 1 unspecified atom stereocenters. The standard InChI is InChI=1S/C9H14O3S/c1-8(2)5-9(6-10)3-4-13(11,12)7-9/h6H,1,3-5,7H2,2H3. The van der Waals surface area contributed by atoms with Crippen molar-refractivity contribution in [2.75, 3.05) is 11.5 Å². The number of hydrogen-bond donors (Lipinski definition) is 0. The molecule has 1 atom stereocenters. The Labute approximate surface area is 78.8 Å². The van der Waals surface area contributed by atoms with E-state index < -0.39 is 15.3 Å². The molecule has 0 aromatic rings. The first-order chi connectivity index (χ1) is 5.89. The Morgan fingerprint density at radius 1 is 1.62 bits per heavy atom. The van der Waals surface area contributed by atoms with Crippen molar-refractivity contribution in [2.24, 2.45) is 5.41 Å². The number of allylic oxidation sites excluding steroid dienone is 1. The fourth-order valence-electron chi connectivity index (χ4n) is 1.82. The Bertz CT molecular complexity index is 329. The second kappa shape index (κ2) is 3.25. The van der Waals surface area contributed by atoms with Crippen molar-refractivity contribution in [3.05, 3.63) is 12.2 Å². The average molecular weight is 202 g/mol. The van der Waals surface area contributed by atoms with Gasteiger partial charge in [0.05, 0.1) is 11.5 Å². The molecular formula is C9H14O3S. The van der Waals surface area contributed by atoms with Crippen LogP contribution in [0.5, 0.6) is 0 Å². The maximum Gasteiger partial charge on any atom is 0.151 e. The zero-order chi connectivity index (χ0) is 10.1. The quantitative estimate of drug-likeness (QED) is 0.506. The van der Waals surface area contributed by atoms with Gasteiger partial charge >= 0.3 is 0 Å². The maximum atomic E-state index is 11.2. The molecule has 1 aliphatic rings. The van der Waals surface area contributed by atoms with Crippen molar-refractivity contribution in [3.63, 3.8) is 0 Å². The lowest BCUT2D eigenvalue weighted by Crippen LogP contribution is -2.24. The van der Waals surface area contributed by atoms with Crippen LogP contribution >= 0.6 is 0 Å². The lowest BCUT2D eigenvalue weighted by molar-refractivity contribution is -0.115. The van der Waals surface area contributed by atoms with Gasteiger partial charge in [0.2, 0.25) is 0 Å². The molecule has 1 heterocycles. The number of aldehydes is 1. The van der Waals surface area contributed by atoms with E-state index in [-0.39, 0.29) is 11.5 Å². The average Bonchev–Trinajstić information content (AvgIpc) is 2.26. The Balaban J connectivity index is 2.86. The number of sulfone groups is 1. The van der Waals surface area contributed by atoms with Crippen LogP contribution in [0, 0.1) is 5.41 Å². The lowest BCUT2D eigenvalue weighted by Gasteiger charge is -2.19. The van der Waals surface area contributed by atoms with E-state index in [1.165, 1.54) is 0 Å². The fourth-order valence-corrected chi connectivity index (χ4v) is 3.87. The summed E-state index contributed by atoms with van der Waals surface area (Å²) < 4.78 is 22.4. The third kappa shape index (κ3) is 2.40. The molecule has 0 spiro atoms. The fraction of sp³-hybridized carbons (Fsp3) is 0.667. The Hall–Kier alpha value is -0.640. The molecule has 0 amide bonds. The predicted octanol–water partition coefficient (Wildman–Crippen LogP) is 0.956. The minimum absolute atomic E-state index is 0.00361. The Morgan fingerprint density at radius 3 is 2.54 bits per heavy atom. The van der Waals surface area contributed by atoms with Crippen LogP contribution in [0.4, 0.5) is 0 Å². The zero-order valence-electron chi connectivity index (χ0n) is 7.75. The van der Waals surface area contributed by atoms with Crippen LogP contribution in [0.15, 0.2) is 12.2 Å². The monoisotopic (exact) mass is 202 g/mol. The van der Waals surface area contributed by atoms with Crippen LogP contribution in [0.25, 0.3) is 0 Å². The molecular weight excluding hydrogens is 188 g/mol. The smallest absolute Gasteiger partial charge is 0.151 e. The van der Waals surface area contributed by atoms with E-state index in [0.29, 0.717) is 12.8 Å². The van der Waals surface area contributed by atoms with Crippen molar-refractivity contribution in [2.45, 2.75) is 19.8 Å². The van der Waals surface area contributed by atoms with Gasteiger partial charge in [0.1, 0.15) is 6.29 Å². The highest BCUT2D eigenvalue weighted by Gasteiger charge is 2.41. The molecule has 0 N–H and O–H groups in total. The van der Waals surface area contributed by atoms with Gasteiger partial charge in [-0.3, -0.25) is 0 Å². The van der Waals surface area contributed by atoms with Gasteiger partial charge in [-0.05, 0) is 19.8 Å². The summed E-state index contributed by atoms with van der Waals surface area (Å²) in [6.45, 7) is 5.52. The second-order valence-corrected chi connectivity index (χ2v) is 6.14. The highest BCUT2D eigenvalue weighted by Crippen LogP contribution is 2.35. The number of carbonyl (C=O) groups excluding carboxylic acids is 1. The molecule has 0 radical (unpaired) electrons. The predicted molar refractivity (Wildman–Crippen MR) is 51.2 cm³/mol. The van der Waals surface area contributed by atoms with Crippen molar-refractivity contribution >= 4 is 16.1 Å². The first-order valence-corrected chi connectivity index (χ1v) is 6.02. The Kier molecular flexibility index (Phi) is 2.61. The van der Waals surface area contributed by atoms with Gasteiger partial charge in [0.15, 0.2) is 9.84 Å². The molecule has 0 aromatic carbocycles. The molecule has 74 valence electrons. The summed E-state index contributed by atoms with van der Waals surface area (Å²) in [5.41, 5.74) is 0.189. The minimum atomic E-state index is -2.98. The summed E-state index contributed by atoms with van der Waals surface area (Å²) in [6, 6.07) is 0. The van der Waals surface area contributed by atoms with Gasteiger partial charge in [0.25, 0.3) is 0 Å². The molecule has 3 nitrogen and oxygen atoms in total. The zero-order valence-corrected chi connectivity index (χ0v) is 8.56. The molecule has 1 fully saturated rings. The van der Waals surface area contributed by atoms with Crippen LogP contribution in [0.3, 0.4) is 0 Å². The van der Waals surface area contributed by atoms with Crippen molar-refractivity contribution in [3.8, 4) is 0 Å². The third-order valence-corrected chi connectivity index (χ3v) is 4.16. The number of hydrogen-bond acceptors (Lipinski definition) is 3. The van der Waals surface area contributed by atoms with Gasteiger partial charge in [-0.2, -0.15) is 0 Å². The van der Waals surface area contributed by atoms with Crippen molar-refractivity contribution < 1.29 is 13.2 Å². The van der Waals surface area contributed by atoms with Crippen LogP contribution < -0.4 is 0 Å². The molecule has 0 aliphatic carbocycles. The van der Waals surface area contributed by atoms with Crippen LogP contribution in [0.1, 0.15) is 19.8 Å². The largest absolute Gasteiger partial charge is 0.303 e. The van der Waals surface area contributed by atoms with E-state index in [9.17, 15) is 13.2 Å². The van der Waals surface area contributed by atoms with Gasteiger partial charge in [-0.25, -0.2) is 8.42 Å². The number of carbonyl (C=O) groups is 1. The summed E-state index contributed by atoms with van der Waals surface area (Å²) in [7, 11) is -2.98. The number of rotatable bonds is 3. The van der Waals surface area contributed by atoms with E-state index in [2.05, 4.69) is 6.58 Å². The highest BCUT2D eigenvalue weighted by atomic mass is 32.2. The summed E-state index contributed by atoms with van der Waals surface area (Å²) in [5, 5.41) is 0. The van der Waals surface area contributed by atoms with Gasteiger partial charge in [-0.15, -0.1) is 6.58 Å². The van der Waals surface area contributed by atoms with Crippen LogP contribution in [-0.2, 0) is 14.6 Å². The summed E-state index contributed by atoms with van der Waals surface area (Å²) in [5.74, 6) is 0.134. The molecule has 4 heteroatoms. The van der Waals surface area contributed by atoms with Crippen LogP contribution in [0.2, 0.25) is 0 Å². The van der Waals surface area contributed by atoms with Crippen LogP contribution in [-0.4, -0.2) is 26.2 Å². The maximum absolute atomic E-state index is 11.2. The molecule has 0 saturated carbocycles. The van der Waals surface area contributed by atoms with Crippen molar-refractivity contribution in [1.29, 1.82) is 0 Å². The van der Waals surface area contributed by atoms with Gasteiger partial charge in [0, 0.05) is 5.41 Å². The summed E-state index contributed by atoms with van der Waals surface area (Å²) in [6.07, 6.45) is 1.73. The first-order valence-electron chi connectivity index (χ1n) is 4.20. The summed E-state index contributed by atoms with van der Waals surface area (Å²) >= 11 is 0. The normalized spacial score (nSPS) is 31.5. The Morgan fingerprint density at radius 2 is 2.23 bits per heavy atom. The SMILES string of the molecule is C=C(C)CC1(C=O)CCS(=O)(=O)C1. The molecule has 1 rings (SSSR count). The van der Waals surface area contributed by atoms with Crippen molar-refractivity contribution in [1.82, 2.24) is 0 Å². The molecule has 0 bridgehead atoms. The van der Waals surface area contributed by atoms with Gasteiger partial charge in [-0.1, -0.05) is 5.57 Å². The molecule has 1 saturated heterocycles. The van der Waals surface area contributed by atoms with E-state index in [0.717, 1.165) is 11.9 Å². The minimum Gasteiger partial charge on any atom is -0.303 e. The van der Waals surface area contributed by atoms with Gasteiger partial charge < -0.3 is 4.79 Å². The molecule has 0 aromatic heterocycles. The molecule has 1 aliphatic heterocycles. The second-order valence-electron chi connectivity index (χ2n) is 3.96. The third-order valence-electron chi connectivity index (χ3n) is 2.32. The molecule has 13 heavy (non-hydrogen) atoms. The van der Waals surface area contributed by atoms with E-state index in [4.69, 9.17) is 0 Å². The lowest BCUT2D eigenvalue weighted by atomic mass is 9.83. The highest BCUT2D eigenvalue weighted by molar-refractivity contribution is 7.91. The van der Waals surface area contributed by atoms with E-state index in [1.54, 1.807) is 0 Å². The summed E-state index contributed by atoms with van der Waals surface area (Å²) in [4.78, 5) is 10.8.